The Labute approximate surface area is 175 Å². The first-order chi connectivity index (χ1) is 14.5. The van der Waals surface area contributed by atoms with Gasteiger partial charge in [0, 0.05) is 36.4 Å². The van der Waals surface area contributed by atoms with Crippen molar-refractivity contribution in [1.82, 2.24) is 19.9 Å². The summed E-state index contributed by atoms with van der Waals surface area (Å²) in [5, 5.41) is 10.5. The molecule has 1 unspecified atom stereocenters. The van der Waals surface area contributed by atoms with Crippen LogP contribution in [0.3, 0.4) is 0 Å². The van der Waals surface area contributed by atoms with E-state index in [-0.39, 0.29) is 11.5 Å². The van der Waals surface area contributed by atoms with Crippen LogP contribution >= 0.6 is 0 Å². The average molecular weight is 406 g/mol. The van der Waals surface area contributed by atoms with Crippen LogP contribution in [0.4, 0.5) is 16.3 Å². The highest BCUT2D eigenvalue weighted by Gasteiger charge is 2.53. The number of hydrogen-bond acceptors (Lipinski definition) is 4. The van der Waals surface area contributed by atoms with E-state index in [1.165, 1.54) is 11.3 Å². The van der Waals surface area contributed by atoms with Crippen LogP contribution in [0, 0.1) is 5.92 Å². The number of hydrogen-bond donors (Lipinski definition) is 2. The molecule has 2 aliphatic heterocycles. The number of aromatic amines is 1. The van der Waals surface area contributed by atoms with Crippen molar-refractivity contribution in [2.24, 2.45) is 5.92 Å². The molecular weight excluding hydrogens is 378 g/mol. The third-order valence-corrected chi connectivity index (χ3v) is 6.83. The number of piperidine rings is 1. The molecule has 0 radical (unpaired) electrons. The molecule has 1 amide bonds. The monoisotopic (exact) mass is 405 g/mol. The fourth-order valence-electron chi connectivity index (χ4n) is 5.49. The SMILES string of the molecule is CC(C)CC1N(c2ncnc3[nH]ccc23)c2ccccc2C12CCN(C(=O)O)CC2. The average Bonchev–Trinajstić information content (AvgIpc) is 3.31. The molecule has 2 N–H and O–H groups in total. The quantitative estimate of drug-likeness (QED) is 0.668. The number of carboxylic acid groups (broad SMARTS) is 1. The van der Waals surface area contributed by atoms with Gasteiger partial charge in [0.1, 0.15) is 17.8 Å². The molecule has 30 heavy (non-hydrogen) atoms. The van der Waals surface area contributed by atoms with Crippen molar-refractivity contribution in [3.05, 3.63) is 48.4 Å². The minimum atomic E-state index is -0.821. The molecule has 1 aromatic carbocycles. The fourth-order valence-corrected chi connectivity index (χ4v) is 5.49. The van der Waals surface area contributed by atoms with Crippen molar-refractivity contribution < 1.29 is 9.90 Å². The van der Waals surface area contributed by atoms with Crippen LogP contribution in [0.1, 0.15) is 38.7 Å². The number of carbonyl (C=O) groups is 1. The number of nitrogens with zero attached hydrogens (tertiary/aromatic N) is 4. The van der Waals surface area contributed by atoms with Crippen LogP contribution < -0.4 is 4.90 Å². The minimum Gasteiger partial charge on any atom is -0.465 e. The van der Waals surface area contributed by atoms with Gasteiger partial charge in [0.2, 0.25) is 0 Å². The number of aromatic nitrogens is 3. The van der Waals surface area contributed by atoms with Crippen molar-refractivity contribution in [3.63, 3.8) is 0 Å². The largest absolute Gasteiger partial charge is 0.465 e. The Kier molecular flexibility index (Phi) is 4.41. The molecule has 1 atom stereocenters. The molecule has 7 heteroatoms. The minimum absolute atomic E-state index is 0.0829. The Bertz CT molecular complexity index is 1080. The second-order valence-electron chi connectivity index (χ2n) is 8.90. The number of benzene rings is 1. The number of H-pyrrole nitrogens is 1. The van der Waals surface area contributed by atoms with Gasteiger partial charge in [0.05, 0.1) is 5.39 Å². The summed E-state index contributed by atoms with van der Waals surface area (Å²) in [6, 6.07) is 10.9. The lowest BCUT2D eigenvalue weighted by Crippen LogP contribution is -2.52. The zero-order chi connectivity index (χ0) is 20.9. The van der Waals surface area contributed by atoms with Gasteiger partial charge in [-0.2, -0.15) is 0 Å². The Hall–Kier alpha value is -3.09. The van der Waals surface area contributed by atoms with Crippen LogP contribution in [-0.4, -0.2) is 50.2 Å². The molecule has 3 aromatic rings. The zero-order valence-corrected chi connectivity index (χ0v) is 17.4. The lowest BCUT2D eigenvalue weighted by atomic mass is 9.67. The number of amides is 1. The predicted molar refractivity (Wildman–Crippen MR) is 116 cm³/mol. The van der Waals surface area contributed by atoms with Gasteiger partial charge in [-0.15, -0.1) is 0 Å². The number of rotatable bonds is 3. The summed E-state index contributed by atoms with van der Waals surface area (Å²) in [4.78, 5) is 27.8. The van der Waals surface area contributed by atoms with E-state index in [4.69, 9.17) is 4.98 Å². The van der Waals surface area contributed by atoms with Crippen LogP contribution in [0.5, 0.6) is 0 Å². The molecule has 156 valence electrons. The normalized spacial score (nSPS) is 20.3. The maximum absolute atomic E-state index is 11.6. The first-order valence-electron chi connectivity index (χ1n) is 10.7. The van der Waals surface area contributed by atoms with Crippen LogP contribution in [0.2, 0.25) is 0 Å². The van der Waals surface area contributed by atoms with Gasteiger partial charge in [-0.1, -0.05) is 32.0 Å². The van der Waals surface area contributed by atoms with Gasteiger partial charge in [-0.25, -0.2) is 14.8 Å². The van der Waals surface area contributed by atoms with Gasteiger partial charge < -0.3 is 19.9 Å². The van der Waals surface area contributed by atoms with Crippen molar-refractivity contribution in [1.29, 1.82) is 0 Å². The van der Waals surface area contributed by atoms with E-state index in [0.29, 0.717) is 19.0 Å². The molecule has 1 spiro atoms. The van der Waals surface area contributed by atoms with Crippen molar-refractivity contribution in [2.75, 3.05) is 18.0 Å². The molecule has 5 rings (SSSR count). The van der Waals surface area contributed by atoms with Crippen LogP contribution in [0.25, 0.3) is 11.0 Å². The predicted octanol–water partition coefficient (Wildman–Crippen LogP) is 4.54. The lowest BCUT2D eigenvalue weighted by Gasteiger charge is -2.45. The van der Waals surface area contributed by atoms with E-state index in [2.05, 4.69) is 53.0 Å². The third-order valence-electron chi connectivity index (χ3n) is 6.83. The summed E-state index contributed by atoms with van der Waals surface area (Å²) in [7, 11) is 0. The van der Waals surface area contributed by atoms with Crippen LogP contribution in [0.15, 0.2) is 42.9 Å². The molecule has 2 aliphatic rings. The summed E-state index contributed by atoms with van der Waals surface area (Å²) >= 11 is 0. The maximum Gasteiger partial charge on any atom is 0.407 e. The van der Waals surface area contributed by atoms with Gasteiger partial charge in [0.15, 0.2) is 0 Å². The van der Waals surface area contributed by atoms with Gasteiger partial charge >= 0.3 is 6.09 Å². The van der Waals surface area contributed by atoms with Gasteiger partial charge in [-0.05, 0) is 42.9 Å². The molecular formula is C23H27N5O2. The van der Waals surface area contributed by atoms with Crippen LogP contribution in [-0.2, 0) is 5.41 Å². The third kappa shape index (κ3) is 2.75. The van der Waals surface area contributed by atoms with Crippen molar-refractivity contribution in [2.45, 2.75) is 44.6 Å². The molecule has 7 nitrogen and oxygen atoms in total. The molecule has 0 bridgehead atoms. The van der Waals surface area contributed by atoms with E-state index in [9.17, 15) is 9.90 Å². The smallest absolute Gasteiger partial charge is 0.407 e. The van der Waals surface area contributed by atoms with Gasteiger partial charge in [0.25, 0.3) is 0 Å². The number of fused-ring (bicyclic) bond motifs is 3. The zero-order valence-electron chi connectivity index (χ0n) is 17.4. The molecule has 0 aliphatic carbocycles. The molecule has 0 saturated carbocycles. The Morgan fingerprint density at radius 3 is 2.73 bits per heavy atom. The standard InChI is InChI=1S/C23H27N5O2/c1-15(2)13-19-23(8-11-27(12-9-23)22(29)30)17-5-3-4-6-18(17)28(19)21-16-7-10-24-20(16)25-14-26-21/h3-7,10,14-15,19H,8-9,11-13H2,1-2H3,(H,29,30)(H,24,25,26). The van der Waals surface area contributed by atoms with E-state index in [0.717, 1.165) is 36.1 Å². The second kappa shape index (κ2) is 7.00. The molecule has 4 heterocycles. The van der Waals surface area contributed by atoms with E-state index in [1.54, 1.807) is 11.2 Å². The van der Waals surface area contributed by atoms with Crippen molar-refractivity contribution >= 4 is 28.6 Å². The summed E-state index contributed by atoms with van der Waals surface area (Å²) in [6.45, 7) is 5.64. The van der Waals surface area contributed by atoms with E-state index >= 15 is 0 Å². The Morgan fingerprint density at radius 2 is 2.00 bits per heavy atom. The summed E-state index contributed by atoms with van der Waals surface area (Å²) in [5.74, 6) is 1.43. The Morgan fingerprint density at radius 1 is 1.23 bits per heavy atom. The number of para-hydroxylation sites is 1. The first kappa shape index (κ1) is 18.9. The highest BCUT2D eigenvalue weighted by Crippen LogP contribution is 2.55. The maximum atomic E-state index is 11.6. The summed E-state index contributed by atoms with van der Waals surface area (Å²) in [5.41, 5.74) is 3.26. The fraction of sp³-hybridized carbons (Fsp3) is 0.435. The summed E-state index contributed by atoms with van der Waals surface area (Å²) in [6.07, 6.45) is 5.37. The summed E-state index contributed by atoms with van der Waals surface area (Å²) < 4.78 is 0. The number of likely N-dealkylation sites (tertiary alicyclic amines) is 1. The van der Waals surface area contributed by atoms with E-state index < -0.39 is 6.09 Å². The Balaban J connectivity index is 1.67. The number of anilines is 2. The number of nitrogens with one attached hydrogen (secondary N) is 1. The topological polar surface area (TPSA) is 85.4 Å². The first-order valence-corrected chi connectivity index (χ1v) is 10.7. The second-order valence-corrected chi connectivity index (χ2v) is 8.90. The van der Waals surface area contributed by atoms with Gasteiger partial charge in [-0.3, -0.25) is 0 Å². The highest BCUT2D eigenvalue weighted by atomic mass is 16.4. The molecule has 1 saturated heterocycles. The van der Waals surface area contributed by atoms with Crippen molar-refractivity contribution in [3.8, 4) is 0 Å². The highest BCUT2D eigenvalue weighted by molar-refractivity contribution is 5.91. The van der Waals surface area contributed by atoms with E-state index in [1.807, 2.05) is 12.3 Å². The lowest BCUT2D eigenvalue weighted by molar-refractivity contribution is 0.109. The molecule has 2 aromatic heterocycles. The molecule has 1 fully saturated rings.